The second-order valence-corrected chi connectivity index (χ2v) is 9.69. The maximum Gasteiger partial charge on any atom is 0.232 e. The number of nitrogens with one attached hydrogen (secondary N) is 2. The number of anilines is 1. The van der Waals surface area contributed by atoms with E-state index in [9.17, 15) is 9.18 Å². The number of thioether (sulfide) groups is 1. The van der Waals surface area contributed by atoms with Crippen LogP contribution < -0.4 is 11.1 Å². The van der Waals surface area contributed by atoms with Crippen molar-refractivity contribution in [1.29, 1.82) is 0 Å². The highest BCUT2D eigenvalue weighted by atomic mass is 35.5. The molecular formula is C20H16ClF2N5OS2. The zero-order chi connectivity index (χ0) is 21.7. The summed E-state index contributed by atoms with van der Waals surface area (Å²) in [4.78, 5) is 16.8. The van der Waals surface area contributed by atoms with E-state index in [1.54, 1.807) is 18.3 Å². The molecule has 1 aliphatic carbocycles. The number of aromatic nitrogens is 3. The Labute approximate surface area is 188 Å². The molecule has 4 aromatic rings. The van der Waals surface area contributed by atoms with Gasteiger partial charge >= 0.3 is 0 Å². The third kappa shape index (κ3) is 3.67. The van der Waals surface area contributed by atoms with Crippen molar-refractivity contribution in [2.75, 3.05) is 17.6 Å². The molecule has 0 bridgehead atoms. The van der Waals surface area contributed by atoms with E-state index in [2.05, 4.69) is 20.5 Å². The Morgan fingerprint density at radius 1 is 1.45 bits per heavy atom. The van der Waals surface area contributed by atoms with E-state index in [0.717, 1.165) is 4.70 Å². The van der Waals surface area contributed by atoms with Gasteiger partial charge in [-0.3, -0.25) is 9.89 Å². The van der Waals surface area contributed by atoms with Gasteiger partial charge in [-0.2, -0.15) is 5.10 Å². The van der Waals surface area contributed by atoms with Crippen molar-refractivity contribution < 1.29 is 13.6 Å². The van der Waals surface area contributed by atoms with Crippen molar-refractivity contribution in [3.05, 3.63) is 35.2 Å². The maximum absolute atomic E-state index is 15.1. The summed E-state index contributed by atoms with van der Waals surface area (Å²) < 4.78 is 29.0. The van der Waals surface area contributed by atoms with Crippen molar-refractivity contribution in [3.8, 4) is 11.1 Å². The Balaban J connectivity index is 1.55. The molecule has 1 amide bonds. The van der Waals surface area contributed by atoms with Gasteiger partial charge in [-0.15, -0.1) is 11.8 Å². The Hall–Kier alpha value is -2.27. The van der Waals surface area contributed by atoms with E-state index in [0.29, 0.717) is 49.9 Å². The SMILES string of the molecule is NCCSc1c(F)c(Cl)c(-c2ccc3nc(NC(=O)[C@@H]4C[C@@H]4F)sc3c2)c2cn[nH]c12. The van der Waals surface area contributed by atoms with Crippen molar-refractivity contribution in [3.63, 3.8) is 0 Å². The lowest BCUT2D eigenvalue weighted by Gasteiger charge is -2.12. The molecule has 0 radical (unpaired) electrons. The molecule has 31 heavy (non-hydrogen) atoms. The first-order valence-electron chi connectivity index (χ1n) is 9.50. The van der Waals surface area contributed by atoms with Crippen molar-refractivity contribution in [2.24, 2.45) is 11.7 Å². The van der Waals surface area contributed by atoms with Crippen LogP contribution in [0.5, 0.6) is 0 Å². The average molecular weight is 480 g/mol. The fourth-order valence-corrected chi connectivity index (χ4v) is 5.55. The normalized spacial score (nSPS) is 18.1. The van der Waals surface area contributed by atoms with Gasteiger partial charge in [0, 0.05) is 23.2 Å². The number of alkyl halides is 1. The van der Waals surface area contributed by atoms with Crippen molar-refractivity contribution in [2.45, 2.75) is 17.5 Å². The minimum Gasteiger partial charge on any atom is -0.330 e. The smallest absolute Gasteiger partial charge is 0.232 e. The first-order valence-corrected chi connectivity index (χ1v) is 11.7. The molecule has 11 heteroatoms. The zero-order valence-corrected chi connectivity index (χ0v) is 18.3. The van der Waals surface area contributed by atoms with Crippen LogP contribution in [0.25, 0.3) is 32.2 Å². The summed E-state index contributed by atoms with van der Waals surface area (Å²) in [6.45, 7) is 0.409. The Morgan fingerprint density at radius 3 is 3.00 bits per heavy atom. The highest BCUT2D eigenvalue weighted by molar-refractivity contribution is 7.99. The van der Waals surface area contributed by atoms with Crippen molar-refractivity contribution >= 4 is 66.9 Å². The van der Waals surface area contributed by atoms with Gasteiger partial charge in [0.1, 0.15) is 6.17 Å². The summed E-state index contributed by atoms with van der Waals surface area (Å²) in [5.74, 6) is -0.919. The second kappa shape index (κ2) is 8.01. The number of carbonyl (C=O) groups is 1. The highest BCUT2D eigenvalue weighted by Gasteiger charge is 2.43. The summed E-state index contributed by atoms with van der Waals surface area (Å²) in [7, 11) is 0. The first-order chi connectivity index (χ1) is 15.0. The molecule has 0 spiro atoms. The van der Waals surface area contributed by atoms with Crippen LogP contribution in [0.15, 0.2) is 29.3 Å². The van der Waals surface area contributed by atoms with E-state index in [1.807, 2.05) is 6.07 Å². The lowest BCUT2D eigenvalue weighted by Crippen LogP contribution is -2.14. The van der Waals surface area contributed by atoms with E-state index in [4.69, 9.17) is 17.3 Å². The molecule has 4 N–H and O–H groups in total. The molecular weight excluding hydrogens is 464 g/mol. The van der Waals surface area contributed by atoms with Gasteiger partial charge in [0.05, 0.1) is 37.8 Å². The molecule has 5 rings (SSSR count). The number of fused-ring (bicyclic) bond motifs is 2. The van der Waals surface area contributed by atoms with Gasteiger partial charge in [0.25, 0.3) is 0 Å². The van der Waals surface area contributed by atoms with Gasteiger partial charge in [-0.05, 0) is 24.1 Å². The minimum atomic E-state index is -1.07. The van der Waals surface area contributed by atoms with Gasteiger partial charge in [-0.25, -0.2) is 13.8 Å². The number of H-pyrrole nitrogens is 1. The number of benzene rings is 2. The quantitative estimate of drug-likeness (QED) is 0.339. The zero-order valence-electron chi connectivity index (χ0n) is 15.9. The molecule has 160 valence electrons. The lowest BCUT2D eigenvalue weighted by molar-refractivity contribution is -0.117. The van der Waals surface area contributed by atoms with E-state index in [1.165, 1.54) is 23.1 Å². The van der Waals surface area contributed by atoms with Gasteiger partial charge in [0.15, 0.2) is 10.9 Å². The maximum atomic E-state index is 15.1. The van der Waals surface area contributed by atoms with E-state index in [-0.39, 0.29) is 17.4 Å². The molecule has 0 unspecified atom stereocenters. The molecule has 0 aliphatic heterocycles. The monoisotopic (exact) mass is 479 g/mol. The van der Waals surface area contributed by atoms with Crippen LogP contribution in [0.1, 0.15) is 6.42 Å². The van der Waals surface area contributed by atoms with Crippen LogP contribution in [-0.4, -0.2) is 39.6 Å². The average Bonchev–Trinajstić information content (AvgIpc) is 3.12. The van der Waals surface area contributed by atoms with Crippen molar-refractivity contribution in [1.82, 2.24) is 15.2 Å². The molecule has 1 fully saturated rings. The number of hydrogen-bond acceptors (Lipinski definition) is 6. The predicted octanol–water partition coefficient (Wildman–Crippen LogP) is 4.98. The van der Waals surface area contributed by atoms with Gasteiger partial charge < -0.3 is 11.1 Å². The van der Waals surface area contributed by atoms with Crippen LogP contribution >= 0.6 is 34.7 Å². The summed E-state index contributed by atoms with van der Waals surface area (Å²) in [6, 6.07) is 5.42. The number of amides is 1. The van der Waals surface area contributed by atoms with E-state index >= 15 is 4.39 Å². The Morgan fingerprint density at radius 2 is 2.26 bits per heavy atom. The molecule has 2 heterocycles. The number of carbonyl (C=O) groups excluding carboxylic acids is 1. The third-order valence-corrected chi connectivity index (χ3v) is 7.47. The third-order valence-electron chi connectivity index (χ3n) is 5.07. The number of hydrogen-bond donors (Lipinski definition) is 3. The van der Waals surface area contributed by atoms with Crippen LogP contribution in [-0.2, 0) is 4.79 Å². The summed E-state index contributed by atoms with van der Waals surface area (Å²) in [5, 5.41) is 10.7. The lowest BCUT2D eigenvalue weighted by atomic mass is 10.0. The molecule has 6 nitrogen and oxygen atoms in total. The largest absolute Gasteiger partial charge is 0.330 e. The van der Waals surface area contributed by atoms with Crippen LogP contribution in [0, 0.1) is 11.7 Å². The molecule has 2 atom stereocenters. The minimum absolute atomic E-state index is 0.00790. The number of nitrogens with two attached hydrogens (primary N) is 1. The van der Waals surface area contributed by atoms with Crippen LogP contribution in [0.2, 0.25) is 5.02 Å². The molecule has 0 saturated heterocycles. The summed E-state index contributed by atoms with van der Waals surface area (Å²) >= 11 is 9.02. The number of thiazole rings is 1. The molecule has 2 aromatic carbocycles. The Kier molecular flexibility index (Phi) is 5.33. The first kappa shape index (κ1) is 20.6. The number of aromatic amines is 1. The summed E-state index contributed by atoms with van der Waals surface area (Å²) in [6.07, 6.45) is 0.806. The second-order valence-electron chi connectivity index (χ2n) is 7.18. The standard InChI is InChI=1S/C20H16ClF2N5OS2/c21-15-14(10-7-25-28-17(10)18(16(15)23)30-4-3-24)8-1-2-12-13(5-8)31-20(26-12)27-19(29)9-6-11(9)22/h1-2,5,7,9,11H,3-4,6,24H2,(H,25,28)(H,26,27,29)/t9-,11+/m1/s1. The molecule has 1 saturated carbocycles. The Bertz CT molecular complexity index is 1320. The van der Waals surface area contributed by atoms with Crippen LogP contribution in [0.3, 0.4) is 0 Å². The fourth-order valence-electron chi connectivity index (χ4n) is 3.43. The number of nitrogens with zero attached hydrogens (tertiary/aromatic N) is 2. The van der Waals surface area contributed by atoms with Gasteiger partial charge in [-0.1, -0.05) is 29.0 Å². The molecule has 1 aliphatic rings. The number of halogens is 3. The summed E-state index contributed by atoms with van der Waals surface area (Å²) in [5.41, 5.74) is 8.03. The van der Waals surface area contributed by atoms with Gasteiger partial charge in [0.2, 0.25) is 5.91 Å². The topological polar surface area (TPSA) is 96.7 Å². The highest BCUT2D eigenvalue weighted by Crippen LogP contribution is 2.43. The number of rotatable bonds is 6. The van der Waals surface area contributed by atoms with Crippen LogP contribution in [0.4, 0.5) is 13.9 Å². The van der Waals surface area contributed by atoms with E-state index < -0.39 is 17.9 Å². The fraction of sp³-hybridized carbons (Fsp3) is 0.250. The predicted molar refractivity (Wildman–Crippen MR) is 121 cm³/mol. The molecule has 2 aromatic heterocycles.